The summed E-state index contributed by atoms with van der Waals surface area (Å²) in [5.74, 6) is 0.0630. The van der Waals surface area contributed by atoms with Crippen molar-refractivity contribution in [1.29, 1.82) is 0 Å². The molecule has 0 heterocycles. The lowest BCUT2D eigenvalue weighted by Crippen LogP contribution is -2.21. The first kappa shape index (κ1) is 16.1. The van der Waals surface area contributed by atoms with Crippen LogP contribution in [0.5, 0.6) is 11.5 Å². The summed E-state index contributed by atoms with van der Waals surface area (Å²) < 4.78 is 45.4. The van der Waals surface area contributed by atoms with Crippen molar-refractivity contribution in [1.82, 2.24) is 0 Å². The molecule has 0 bridgehead atoms. The Morgan fingerprint density at radius 3 is 2.37 bits per heavy atom. The number of ether oxygens (including phenoxy) is 2. The largest absolute Gasteiger partial charge is 0.573 e. The molecule has 0 spiro atoms. The van der Waals surface area contributed by atoms with E-state index in [-0.39, 0.29) is 16.8 Å². The summed E-state index contributed by atoms with van der Waals surface area (Å²) >= 11 is 2.98. The van der Waals surface area contributed by atoms with Gasteiger partial charge >= 0.3 is 6.36 Å². The highest BCUT2D eigenvalue weighted by Gasteiger charge is 2.32. The summed E-state index contributed by atoms with van der Waals surface area (Å²) in [7, 11) is 0. The van der Waals surface area contributed by atoms with E-state index in [9.17, 15) is 18.3 Å². The number of benzene rings is 1. The predicted molar refractivity (Wildman–Crippen MR) is 67.2 cm³/mol. The van der Waals surface area contributed by atoms with Gasteiger partial charge in [-0.05, 0) is 48.0 Å². The molecule has 19 heavy (non-hydrogen) atoms. The molecule has 0 aliphatic heterocycles. The van der Waals surface area contributed by atoms with Crippen molar-refractivity contribution in [2.24, 2.45) is 0 Å². The predicted octanol–water partition coefficient (Wildman–Crippen LogP) is 3.89. The minimum absolute atomic E-state index is 0.144. The van der Waals surface area contributed by atoms with Gasteiger partial charge in [0.15, 0.2) is 0 Å². The Labute approximate surface area is 117 Å². The number of hydrogen-bond donors (Lipinski definition) is 1. The van der Waals surface area contributed by atoms with E-state index in [0.717, 1.165) is 6.07 Å². The van der Waals surface area contributed by atoms with Gasteiger partial charge in [0, 0.05) is 6.42 Å². The average Bonchev–Trinajstić information content (AvgIpc) is 2.18. The quantitative estimate of drug-likeness (QED) is 0.882. The molecule has 0 unspecified atom stereocenters. The smallest absolute Gasteiger partial charge is 0.493 e. The Bertz CT molecular complexity index is 427. The van der Waals surface area contributed by atoms with Crippen LogP contribution in [0.1, 0.15) is 20.3 Å². The van der Waals surface area contributed by atoms with E-state index in [0.29, 0.717) is 12.2 Å². The highest BCUT2D eigenvalue weighted by atomic mass is 79.9. The van der Waals surface area contributed by atoms with Gasteiger partial charge < -0.3 is 14.6 Å². The minimum Gasteiger partial charge on any atom is -0.493 e. The maximum Gasteiger partial charge on any atom is 0.573 e. The molecule has 0 amide bonds. The molecule has 0 aromatic heterocycles. The fraction of sp³-hybridized carbons (Fsp3) is 0.500. The second kappa shape index (κ2) is 6.00. The first-order chi connectivity index (χ1) is 8.57. The monoisotopic (exact) mass is 342 g/mol. The third kappa shape index (κ3) is 6.68. The van der Waals surface area contributed by atoms with E-state index in [1.807, 2.05) is 0 Å². The Balaban J connectivity index is 2.62. The van der Waals surface area contributed by atoms with Gasteiger partial charge in [-0.15, -0.1) is 13.2 Å². The lowest BCUT2D eigenvalue weighted by molar-refractivity contribution is -0.274. The fourth-order valence-electron chi connectivity index (χ4n) is 1.20. The molecule has 0 aliphatic rings. The maximum atomic E-state index is 12.1. The summed E-state index contributed by atoms with van der Waals surface area (Å²) in [5.41, 5.74) is -0.851. The van der Waals surface area contributed by atoms with E-state index in [1.54, 1.807) is 13.8 Å². The molecule has 0 fully saturated rings. The van der Waals surface area contributed by atoms with Crippen molar-refractivity contribution in [2.75, 3.05) is 6.61 Å². The average molecular weight is 343 g/mol. The maximum absolute atomic E-state index is 12.1. The molecule has 1 aromatic carbocycles. The van der Waals surface area contributed by atoms with Crippen LogP contribution in [0.4, 0.5) is 13.2 Å². The molecule has 0 radical (unpaired) electrons. The van der Waals surface area contributed by atoms with Crippen LogP contribution in [0, 0.1) is 0 Å². The summed E-state index contributed by atoms with van der Waals surface area (Å²) in [6.45, 7) is 3.55. The normalized spacial score (nSPS) is 12.4. The zero-order valence-corrected chi connectivity index (χ0v) is 12.0. The second-order valence-electron chi connectivity index (χ2n) is 4.55. The zero-order valence-electron chi connectivity index (χ0n) is 10.4. The van der Waals surface area contributed by atoms with Gasteiger partial charge in [-0.1, -0.05) is 0 Å². The molecule has 1 N–H and O–H groups in total. The van der Waals surface area contributed by atoms with Gasteiger partial charge in [-0.25, -0.2) is 0 Å². The lowest BCUT2D eigenvalue weighted by atomic mass is 10.1. The van der Waals surface area contributed by atoms with Crippen LogP contribution in [0.25, 0.3) is 0 Å². The van der Waals surface area contributed by atoms with Crippen LogP contribution in [0.2, 0.25) is 0 Å². The third-order valence-electron chi connectivity index (χ3n) is 2.11. The highest BCUT2D eigenvalue weighted by Crippen LogP contribution is 2.33. The molecular weight excluding hydrogens is 329 g/mol. The fourth-order valence-corrected chi connectivity index (χ4v) is 1.64. The van der Waals surface area contributed by atoms with Crippen molar-refractivity contribution >= 4 is 15.9 Å². The molecule has 0 atom stereocenters. The standard InChI is InChI=1S/C12H14BrF3O3/c1-11(2,17)5-6-18-8-3-4-10(9(13)7-8)19-12(14,15)16/h3-4,7,17H,5-6H2,1-2H3. The van der Waals surface area contributed by atoms with Crippen molar-refractivity contribution < 1.29 is 27.8 Å². The van der Waals surface area contributed by atoms with E-state index < -0.39 is 12.0 Å². The third-order valence-corrected chi connectivity index (χ3v) is 2.73. The van der Waals surface area contributed by atoms with Crippen LogP contribution in [-0.4, -0.2) is 23.7 Å². The Morgan fingerprint density at radius 1 is 1.26 bits per heavy atom. The Hall–Kier alpha value is -0.950. The number of aliphatic hydroxyl groups is 1. The topological polar surface area (TPSA) is 38.7 Å². The Kier molecular flexibility index (Phi) is 5.09. The van der Waals surface area contributed by atoms with Crippen LogP contribution in [0.15, 0.2) is 22.7 Å². The molecule has 108 valence electrons. The van der Waals surface area contributed by atoms with Gasteiger partial charge in [-0.3, -0.25) is 0 Å². The number of hydrogen-bond acceptors (Lipinski definition) is 3. The first-order valence-corrected chi connectivity index (χ1v) is 6.27. The van der Waals surface area contributed by atoms with E-state index in [2.05, 4.69) is 20.7 Å². The molecule has 1 aromatic rings. The number of rotatable bonds is 5. The lowest BCUT2D eigenvalue weighted by Gasteiger charge is -2.17. The van der Waals surface area contributed by atoms with Gasteiger partial charge in [0.25, 0.3) is 0 Å². The summed E-state index contributed by atoms with van der Waals surface area (Å²) in [5, 5.41) is 9.49. The molecular formula is C12H14BrF3O3. The summed E-state index contributed by atoms with van der Waals surface area (Å²) in [6, 6.07) is 3.92. The van der Waals surface area contributed by atoms with E-state index in [1.165, 1.54) is 12.1 Å². The van der Waals surface area contributed by atoms with Crippen molar-refractivity contribution in [3.8, 4) is 11.5 Å². The minimum atomic E-state index is -4.73. The van der Waals surface area contributed by atoms with Gasteiger partial charge in [0.1, 0.15) is 11.5 Å². The zero-order chi connectivity index (χ0) is 14.7. The molecule has 7 heteroatoms. The van der Waals surface area contributed by atoms with Crippen molar-refractivity contribution in [3.05, 3.63) is 22.7 Å². The van der Waals surface area contributed by atoms with Crippen molar-refractivity contribution in [2.45, 2.75) is 32.2 Å². The van der Waals surface area contributed by atoms with E-state index in [4.69, 9.17) is 4.74 Å². The van der Waals surface area contributed by atoms with Gasteiger partial charge in [0.2, 0.25) is 0 Å². The van der Waals surface area contributed by atoms with Crippen LogP contribution in [0.3, 0.4) is 0 Å². The van der Waals surface area contributed by atoms with Crippen molar-refractivity contribution in [3.63, 3.8) is 0 Å². The second-order valence-corrected chi connectivity index (χ2v) is 5.41. The number of halogens is 4. The first-order valence-electron chi connectivity index (χ1n) is 5.47. The molecule has 0 saturated heterocycles. The van der Waals surface area contributed by atoms with E-state index >= 15 is 0 Å². The summed E-state index contributed by atoms with van der Waals surface area (Å²) in [4.78, 5) is 0. The van der Waals surface area contributed by atoms with Crippen LogP contribution < -0.4 is 9.47 Å². The molecule has 3 nitrogen and oxygen atoms in total. The number of alkyl halides is 3. The van der Waals surface area contributed by atoms with Gasteiger partial charge in [-0.2, -0.15) is 0 Å². The van der Waals surface area contributed by atoms with Gasteiger partial charge in [0.05, 0.1) is 16.7 Å². The SMILES string of the molecule is CC(C)(O)CCOc1ccc(OC(F)(F)F)c(Br)c1. The molecule has 0 saturated carbocycles. The Morgan fingerprint density at radius 2 is 1.89 bits per heavy atom. The van der Waals surface area contributed by atoms with Crippen LogP contribution in [-0.2, 0) is 0 Å². The van der Waals surface area contributed by atoms with Crippen LogP contribution >= 0.6 is 15.9 Å². The summed E-state index contributed by atoms with van der Waals surface area (Å²) in [6.07, 6.45) is -4.32. The molecule has 0 aliphatic carbocycles. The highest BCUT2D eigenvalue weighted by molar-refractivity contribution is 9.10. The molecule has 1 rings (SSSR count).